The van der Waals surface area contributed by atoms with E-state index in [1.807, 2.05) is 104 Å². The van der Waals surface area contributed by atoms with Crippen LogP contribution in [0.1, 0.15) is 40.3 Å². The van der Waals surface area contributed by atoms with Gasteiger partial charge in [0.25, 0.3) is 0 Å². The van der Waals surface area contributed by atoms with Gasteiger partial charge in [0.05, 0.1) is 46.8 Å². The number of aliphatic imine (C=N–C) groups is 1. The molecule has 0 radical (unpaired) electrons. The molecule has 68 heavy (non-hydrogen) atoms. The molecule has 2 aliphatic heterocycles. The largest absolute Gasteiger partial charge is 0.862 e. The summed E-state index contributed by atoms with van der Waals surface area (Å²) >= 11 is 0. The number of esters is 1. The average molecular weight is 955 g/mol. The highest BCUT2D eigenvalue weighted by Crippen LogP contribution is 2.37. The lowest BCUT2D eigenvalue weighted by atomic mass is 9.94. The highest BCUT2D eigenvalue weighted by Gasteiger charge is 2.57. The topological polar surface area (TPSA) is 199 Å². The lowest BCUT2D eigenvalue weighted by Crippen LogP contribution is -2.66. The molecule has 0 unspecified atom stereocenters. The number of hydrogen-bond acceptors (Lipinski definition) is 15. The van der Waals surface area contributed by atoms with Crippen LogP contribution in [-0.2, 0) is 95.0 Å². The van der Waals surface area contributed by atoms with Gasteiger partial charge in [-0.3, -0.25) is 9.55 Å². The van der Waals surface area contributed by atoms with Gasteiger partial charge in [-0.2, -0.15) is 8.42 Å². The van der Waals surface area contributed by atoms with E-state index >= 15 is 0 Å². The number of aryl methyl sites for hydroxylation is 1. The molecule has 10 atom stereocenters. The second-order valence-corrected chi connectivity index (χ2v) is 17.3. The Balaban J connectivity index is 1.31. The van der Waals surface area contributed by atoms with Gasteiger partial charge in [0, 0.05) is 0 Å². The molecule has 7 rings (SSSR count). The maximum absolute atomic E-state index is 13.9. The van der Waals surface area contributed by atoms with Gasteiger partial charge < -0.3 is 47.7 Å². The summed E-state index contributed by atoms with van der Waals surface area (Å²) in [6.07, 6.45) is -13.2. The summed E-state index contributed by atoms with van der Waals surface area (Å²) in [5, 5.41) is 13.2. The molecule has 5 aromatic carbocycles. The second kappa shape index (κ2) is 24.7. The lowest BCUT2D eigenvalue weighted by Gasteiger charge is -2.49. The van der Waals surface area contributed by atoms with Crippen LogP contribution in [0.5, 0.6) is 0 Å². The number of benzene rings is 5. The van der Waals surface area contributed by atoms with Crippen LogP contribution in [0.3, 0.4) is 0 Å². The minimum Gasteiger partial charge on any atom is -0.862 e. The molecule has 0 aromatic heterocycles. The summed E-state index contributed by atoms with van der Waals surface area (Å²) in [6, 6.07) is 43.0. The normalized spacial score (nSPS) is 25.4. The quantitative estimate of drug-likeness (QED) is 0.0376. The van der Waals surface area contributed by atoms with Crippen molar-refractivity contribution in [1.29, 1.82) is 0 Å². The Hall–Kier alpha value is -5.41. The van der Waals surface area contributed by atoms with E-state index < -0.39 is 83.6 Å². The molecule has 2 heterocycles. The summed E-state index contributed by atoms with van der Waals surface area (Å²) in [7, 11) is -4.18. The smallest absolute Gasteiger partial charge is 0.397 e. The van der Waals surface area contributed by atoms with E-state index in [0.717, 1.165) is 29.4 Å². The number of ether oxygens (including phenoxy) is 9. The van der Waals surface area contributed by atoms with Crippen LogP contribution < -0.4 is 5.11 Å². The molecule has 2 aliphatic rings. The Labute approximate surface area is 396 Å². The third-order valence-electron chi connectivity index (χ3n) is 11.2. The van der Waals surface area contributed by atoms with Gasteiger partial charge in [0.15, 0.2) is 24.8 Å². The number of hydrogen-bond donors (Lipinski definition) is 1. The van der Waals surface area contributed by atoms with Crippen molar-refractivity contribution >= 4 is 22.3 Å². The zero-order chi connectivity index (χ0) is 47.9. The van der Waals surface area contributed by atoms with Crippen molar-refractivity contribution in [1.82, 2.24) is 0 Å². The van der Waals surface area contributed by atoms with Crippen LogP contribution in [0.15, 0.2) is 151 Å². The molecule has 0 spiro atoms. The number of nitrogens with zero attached hydrogens (tertiary/aromatic N) is 1. The van der Waals surface area contributed by atoms with E-state index in [2.05, 4.69) is 4.99 Å². The Bertz CT molecular complexity index is 2430. The van der Waals surface area contributed by atoms with Gasteiger partial charge in [-0.1, -0.05) is 151 Å². The van der Waals surface area contributed by atoms with Crippen molar-refractivity contribution in [2.45, 2.75) is 108 Å². The Morgan fingerprint density at radius 2 is 1.07 bits per heavy atom. The fraction of sp³-hybridized carbons (Fsp3) is 0.373. The molecule has 0 bridgehead atoms. The number of carbonyl (C=O) groups is 1. The second-order valence-electron chi connectivity index (χ2n) is 16.3. The first kappa shape index (κ1) is 50.5. The van der Waals surface area contributed by atoms with E-state index in [-0.39, 0.29) is 39.6 Å². The zero-order valence-electron chi connectivity index (χ0n) is 37.9. The first-order valence-corrected chi connectivity index (χ1v) is 23.5. The maximum atomic E-state index is 13.9. The number of carbonyl (C=O) groups excluding carboxylic acids is 1. The molecule has 17 heteroatoms. The van der Waals surface area contributed by atoms with Gasteiger partial charge in [0.2, 0.25) is 0 Å². The molecule has 0 saturated carbocycles. The minimum absolute atomic E-state index is 0.00495. The lowest BCUT2D eigenvalue weighted by molar-refractivity contribution is -0.348. The molecule has 2 saturated heterocycles. The summed E-state index contributed by atoms with van der Waals surface area (Å²) < 4.78 is 99.0. The predicted octanol–water partition coefficient (Wildman–Crippen LogP) is 5.83. The first-order chi connectivity index (χ1) is 32.9. The van der Waals surface area contributed by atoms with Gasteiger partial charge in [0.1, 0.15) is 36.6 Å². The third kappa shape index (κ3) is 14.6. The molecular formula is C51H56NO15S-. The predicted molar refractivity (Wildman–Crippen MR) is 245 cm³/mol. The van der Waals surface area contributed by atoms with Crippen LogP contribution in [-0.4, -0.2) is 99.9 Å². The fourth-order valence-electron chi connectivity index (χ4n) is 7.89. The highest BCUT2D eigenvalue weighted by atomic mass is 32.3. The Morgan fingerprint density at radius 3 is 1.56 bits per heavy atom. The summed E-state index contributed by atoms with van der Waals surface area (Å²) in [6.45, 7) is 3.13. The SMILES string of the molecule is COC(=O)[C@H]1O[C@@H](O[C@@H]2[C@@H](N=C(C)[O-])[C@H](OCc3ccccc3)O[C@H](COCc3ccc(C)cc3)[C@H]2OCc2ccccc2)[C@H](OS(=O)(=O)O)[C@@H](OCc2ccccc2)[C@@H]1OCc1ccccc1. The third-order valence-corrected chi connectivity index (χ3v) is 11.6. The Morgan fingerprint density at radius 1 is 0.603 bits per heavy atom. The van der Waals surface area contributed by atoms with Crippen molar-refractivity contribution in [3.8, 4) is 0 Å². The number of methoxy groups -OCH3 is 1. The van der Waals surface area contributed by atoms with E-state index in [1.54, 1.807) is 48.5 Å². The highest BCUT2D eigenvalue weighted by molar-refractivity contribution is 7.80. The molecule has 0 aliphatic carbocycles. The summed E-state index contributed by atoms with van der Waals surface area (Å²) in [5.74, 6) is -1.55. The van der Waals surface area contributed by atoms with E-state index in [0.29, 0.717) is 11.1 Å². The van der Waals surface area contributed by atoms with Crippen LogP contribution in [0, 0.1) is 6.92 Å². The van der Waals surface area contributed by atoms with Crippen molar-refractivity contribution in [2.75, 3.05) is 13.7 Å². The summed E-state index contributed by atoms with van der Waals surface area (Å²) in [4.78, 5) is 18.3. The molecule has 1 N–H and O–H groups in total. The average Bonchev–Trinajstić information content (AvgIpc) is 3.34. The van der Waals surface area contributed by atoms with E-state index in [4.69, 9.17) is 46.8 Å². The fourth-order valence-corrected chi connectivity index (χ4v) is 8.37. The Kier molecular flexibility index (Phi) is 18.4. The molecule has 2 fully saturated rings. The zero-order valence-corrected chi connectivity index (χ0v) is 38.7. The van der Waals surface area contributed by atoms with Crippen LogP contribution in [0.25, 0.3) is 0 Å². The first-order valence-electron chi connectivity index (χ1n) is 22.1. The molecule has 16 nitrogen and oxygen atoms in total. The maximum Gasteiger partial charge on any atom is 0.397 e. The van der Waals surface area contributed by atoms with Gasteiger partial charge in [-0.15, -0.1) is 0 Å². The van der Waals surface area contributed by atoms with Crippen LogP contribution >= 0.6 is 0 Å². The van der Waals surface area contributed by atoms with Gasteiger partial charge in [-0.05, 0) is 47.6 Å². The standard InChI is InChI=1S/C51H57NO15S/c1-34-24-26-40(27-25-34)28-59-33-41-43(60-29-36-16-8-4-9-17-36)44(42(52-35(2)53)50(64-41)63-32-39-22-14-7-15-23-39)65-51-48(67-68(55,56)57)46(62-31-38-20-12-6-13-21-38)45(47(66-51)49(54)58-3)61-30-37-18-10-5-11-19-37/h4-27,41-48,50-51H,28-33H2,1-3H3,(H,52,53)(H,55,56,57)/p-1/t41-,42-,43-,44-,45+,46+,47+,48-,50-,51-/m1/s1. The molecule has 5 aromatic rings. The van der Waals surface area contributed by atoms with Crippen LogP contribution in [0.2, 0.25) is 0 Å². The van der Waals surface area contributed by atoms with Gasteiger partial charge in [-0.25, -0.2) is 8.98 Å². The van der Waals surface area contributed by atoms with Crippen molar-refractivity contribution < 1.29 is 69.7 Å². The van der Waals surface area contributed by atoms with Gasteiger partial charge >= 0.3 is 16.4 Å². The van der Waals surface area contributed by atoms with Crippen molar-refractivity contribution in [3.05, 3.63) is 179 Å². The van der Waals surface area contributed by atoms with E-state index in [9.17, 15) is 22.9 Å². The molecule has 0 amide bonds. The number of rotatable bonds is 22. The van der Waals surface area contributed by atoms with Crippen LogP contribution in [0.4, 0.5) is 0 Å². The molecular weight excluding hydrogens is 899 g/mol. The van der Waals surface area contributed by atoms with Crippen molar-refractivity contribution in [2.24, 2.45) is 4.99 Å². The van der Waals surface area contributed by atoms with E-state index in [1.165, 1.54) is 6.92 Å². The molecule has 362 valence electrons. The minimum atomic E-state index is -5.33. The van der Waals surface area contributed by atoms with Crippen molar-refractivity contribution in [3.63, 3.8) is 0 Å². The summed E-state index contributed by atoms with van der Waals surface area (Å²) in [5.41, 5.74) is 4.90. The monoisotopic (exact) mass is 954 g/mol.